The maximum Gasteiger partial charge on any atom is 0.269 e. The summed E-state index contributed by atoms with van der Waals surface area (Å²) in [5, 5.41) is 0. The standard InChI is InChI=1S/C10H8N2O2/c1-7(13)5-9(14)8-3-4-10(11-2)12-6-8/h3-4,6H,5H2,1H3. The molecule has 1 rings (SSSR count). The summed E-state index contributed by atoms with van der Waals surface area (Å²) in [5.41, 5.74) is 0.368. The van der Waals surface area contributed by atoms with Crippen molar-refractivity contribution in [2.45, 2.75) is 13.3 Å². The van der Waals surface area contributed by atoms with E-state index in [1.807, 2.05) is 0 Å². The van der Waals surface area contributed by atoms with Crippen molar-refractivity contribution >= 4 is 17.4 Å². The van der Waals surface area contributed by atoms with E-state index < -0.39 is 0 Å². The summed E-state index contributed by atoms with van der Waals surface area (Å²) in [5.74, 6) is -0.199. The molecule has 0 radical (unpaired) electrons. The fourth-order valence-electron chi connectivity index (χ4n) is 0.945. The molecule has 4 heteroatoms. The summed E-state index contributed by atoms with van der Waals surface area (Å²) >= 11 is 0. The lowest BCUT2D eigenvalue weighted by atomic mass is 10.1. The molecule has 4 nitrogen and oxygen atoms in total. The van der Waals surface area contributed by atoms with Crippen molar-refractivity contribution in [1.82, 2.24) is 4.98 Å². The van der Waals surface area contributed by atoms with E-state index in [-0.39, 0.29) is 23.8 Å². The third-order valence-electron chi connectivity index (χ3n) is 1.59. The van der Waals surface area contributed by atoms with Crippen LogP contribution in [0.4, 0.5) is 5.82 Å². The molecule has 0 N–H and O–H groups in total. The quantitative estimate of drug-likeness (QED) is 0.413. The Morgan fingerprint density at radius 3 is 2.64 bits per heavy atom. The molecule has 0 spiro atoms. The Bertz CT molecular complexity index is 401. The van der Waals surface area contributed by atoms with Crippen molar-refractivity contribution in [1.29, 1.82) is 0 Å². The maximum atomic E-state index is 11.3. The Morgan fingerprint density at radius 1 is 1.50 bits per heavy atom. The van der Waals surface area contributed by atoms with Gasteiger partial charge in [0.1, 0.15) is 12.0 Å². The monoisotopic (exact) mass is 188 g/mol. The predicted octanol–water partition coefficient (Wildman–Crippen LogP) is 1.79. The van der Waals surface area contributed by atoms with E-state index in [1.54, 1.807) is 0 Å². The Labute approximate surface area is 81.4 Å². The highest BCUT2D eigenvalue weighted by molar-refractivity contribution is 6.07. The van der Waals surface area contributed by atoms with Gasteiger partial charge in [-0.05, 0) is 13.0 Å². The highest BCUT2D eigenvalue weighted by Crippen LogP contribution is 2.09. The second-order valence-electron chi connectivity index (χ2n) is 2.82. The smallest absolute Gasteiger partial charge is 0.269 e. The van der Waals surface area contributed by atoms with Crippen molar-refractivity contribution in [2.24, 2.45) is 0 Å². The maximum absolute atomic E-state index is 11.3. The first-order chi connectivity index (χ1) is 6.63. The first-order valence-corrected chi connectivity index (χ1v) is 3.99. The van der Waals surface area contributed by atoms with Gasteiger partial charge in [0.2, 0.25) is 0 Å². The van der Waals surface area contributed by atoms with Gasteiger partial charge in [-0.1, -0.05) is 12.6 Å². The third kappa shape index (κ3) is 2.49. The summed E-state index contributed by atoms with van der Waals surface area (Å²) in [4.78, 5) is 28.8. The van der Waals surface area contributed by atoms with E-state index in [9.17, 15) is 9.59 Å². The second-order valence-corrected chi connectivity index (χ2v) is 2.82. The molecule has 0 saturated heterocycles. The van der Waals surface area contributed by atoms with Gasteiger partial charge in [0.25, 0.3) is 5.82 Å². The van der Waals surface area contributed by atoms with Gasteiger partial charge in [-0.15, -0.1) is 4.98 Å². The zero-order chi connectivity index (χ0) is 10.6. The highest BCUT2D eigenvalue weighted by atomic mass is 16.1. The third-order valence-corrected chi connectivity index (χ3v) is 1.59. The van der Waals surface area contributed by atoms with Crippen LogP contribution >= 0.6 is 0 Å². The molecule has 0 amide bonds. The van der Waals surface area contributed by atoms with E-state index in [1.165, 1.54) is 25.3 Å². The van der Waals surface area contributed by atoms with Crippen molar-refractivity contribution in [2.75, 3.05) is 0 Å². The first-order valence-electron chi connectivity index (χ1n) is 3.99. The van der Waals surface area contributed by atoms with Crippen LogP contribution in [0, 0.1) is 6.57 Å². The van der Waals surface area contributed by atoms with Gasteiger partial charge in [-0.2, -0.15) is 0 Å². The summed E-state index contributed by atoms with van der Waals surface area (Å²) in [6.07, 6.45) is 1.21. The lowest BCUT2D eigenvalue weighted by Gasteiger charge is -1.95. The molecule has 14 heavy (non-hydrogen) atoms. The summed E-state index contributed by atoms with van der Waals surface area (Å²) in [6.45, 7) is 8.02. The average Bonchev–Trinajstić information content (AvgIpc) is 2.17. The zero-order valence-corrected chi connectivity index (χ0v) is 7.65. The molecule has 0 aromatic carbocycles. The van der Waals surface area contributed by atoms with Gasteiger partial charge in [0, 0.05) is 0 Å². The average molecular weight is 188 g/mol. The molecule has 1 aromatic heterocycles. The normalized spacial score (nSPS) is 9.14. The molecule has 0 saturated carbocycles. The Hall–Kier alpha value is -2.02. The van der Waals surface area contributed by atoms with Crippen molar-refractivity contribution in [3.8, 4) is 0 Å². The van der Waals surface area contributed by atoms with Crippen molar-refractivity contribution in [3.63, 3.8) is 0 Å². The van der Waals surface area contributed by atoms with E-state index in [0.717, 1.165) is 0 Å². The van der Waals surface area contributed by atoms with E-state index in [2.05, 4.69) is 9.83 Å². The first kappa shape index (κ1) is 10.1. The largest absolute Gasteiger partial charge is 0.361 e. The number of rotatable bonds is 3. The molecule has 0 unspecified atom stereocenters. The van der Waals surface area contributed by atoms with Gasteiger partial charge >= 0.3 is 0 Å². The van der Waals surface area contributed by atoms with Gasteiger partial charge in [0.05, 0.1) is 12.0 Å². The van der Waals surface area contributed by atoms with Crippen LogP contribution in [0.15, 0.2) is 18.3 Å². The van der Waals surface area contributed by atoms with E-state index in [0.29, 0.717) is 5.56 Å². The van der Waals surface area contributed by atoms with Crippen LogP contribution in [0.25, 0.3) is 4.85 Å². The van der Waals surface area contributed by atoms with Crippen LogP contribution < -0.4 is 0 Å². The molecule has 0 fully saturated rings. The van der Waals surface area contributed by atoms with Crippen LogP contribution in [0.1, 0.15) is 23.7 Å². The Morgan fingerprint density at radius 2 is 2.21 bits per heavy atom. The second kappa shape index (κ2) is 4.28. The molecule has 1 aromatic rings. The molecule has 70 valence electrons. The van der Waals surface area contributed by atoms with Crippen LogP contribution in [-0.2, 0) is 4.79 Å². The molecule has 0 atom stereocenters. The number of hydrogen-bond acceptors (Lipinski definition) is 3. The van der Waals surface area contributed by atoms with Crippen LogP contribution in [0.3, 0.4) is 0 Å². The number of nitrogens with zero attached hydrogens (tertiary/aromatic N) is 2. The number of ketones is 2. The highest BCUT2D eigenvalue weighted by Gasteiger charge is 2.09. The van der Waals surface area contributed by atoms with Crippen LogP contribution in [0.2, 0.25) is 0 Å². The lowest BCUT2D eigenvalue weighted by Crippen LogP contribution is -2.04. The molecule has 0 bridgehead atoms. The Kier molecular flexibility index (Phi) is 3.08. The van der Waals surface area contributed by atoms with Gasteiger partial charge in [0.15, 0.2) is 5.78 Å². The summed E-state index contributed by atoms with van der Waals surface area (Å²) < 4.78 is 0. The molecular weight excluding hydrogens is 180 g/mol. The van der Waals surface area contributed by atoms with E-state index >= 15 is 0 Å². The fraction of sp³-hybridized carbons (Fsp3) is 0.200. The predicted molar refractivity (Wildman–Crippen MR) is 50.1 cm³/mol. The van der Waals surface area contributed by atoms with Crippen molar-refractivity contribution < 1.29 is 9.59 Å². The van der Waals surface area contributed by atoms with Gasteiger partial charge in [-0.25, -0.2) is 0 Å². The number of pyridine rings is 1. The molecule has 0 aliphatic rings. The number of aromatic nitrogens is 1. The molecule has 0 aliphatic heterocycles. The minimum Gasteiger partial charge on any atom is -0.361 e. The topological polar surface area (TPSA) is 51.4 Å². The Balaban J connectivity index is 2.83. The van der Waals surface area contributed by atoms with Crippen LogP contribution in [-0.4, -0.2) is 16.6 Å². The molecule has 1 heterocycles. The van der Waals surface area contributed by atoms with E-state index in [4.69, 9.17) is 6.57 Å². The van der Waals surface area contributed by atoms with Crippen LogP contribution in [0.5, 0.6) is 0 Å². The summed E-state index contributed by atoms with van der Waals surface area (Å²) in [7, 11) is 0. The minimum absolute atomic E-state index is 0.112. The fourth-order valence-corrected chi connectivity index (χ4v) is 0.945. The lowest BCUT2D eigenvalue weighted by molar-refractivity contribution is -0.116. The van der Waals surface area contributed by atoms with Crippen molar-refractivity contribution in [3.05, 3.63) is 35.3 Å². The number of carbonyl (C=O) groups excluding carboxylic acids is 2. The van der Waals surface area contributed by atoms with Gasteiger partial charge < -0.3 is 4.85 Å². The zero-order valence-electron chi connectivity index (χ0n) is 7.65. The minimum atomic E-state index is -0.262. The molecule has 0 aliphatic carbocycles. The summed E-state index contributed by atoms with van der Waals surface area (Å²) in [6, 6.07) is 2.96. The SMILES string of the molecule is [C-]#[N+]c1ccc(C(=O)CC(C)=O)cn1. The number of Topliss-reactive ketones (excluding diaryl/α,β-unsaturated/α-hetero) is 2. The number of hydrogen-bond donors (Lipinski definition) is 0. The van der Waals surface area contributed by atoms with Gasteiger partial charge in [-0.3, -0.25) is 9.59 Å². The molecular formula is C10H8N2O2. The number of carbonyl (C=O) groups is 2.